The summed E-state index contributed by atoms with van der Waals surface area (Å²) in [6, 6.07) is 8.23. The first-order chi connectivity index (χ1) is 14.2. The monoisotopic (exact) mass is 390 g/mol. The van der Waals surface area contributed by atoms with Crippen LogP contribution in [-0.4, -0.2) is 63.7 Å². The molecule has 5 rings (SSSR count). The van der Waals surface area contributed by atoms with Gasteiger partial charge in [-0.05, 0) is 30.7 Å². The second-order valence-electron chi connectivity index (χ2n) is 7.35. The second kappa shape index (κ2) is 6.97. The SMILES string of the molecule is COCCN1c2cccnc2-n2cccc2C12CCN(C(=O)c1cnccn1)C2. The number of anilines is 1. The van der Waals surface area contributed by atoms with Gasteiger partial charge in [0, 0.05) is 51.5 Å². The molecule has 1 spiro atoms. The fraction of sp³-hybridized carbons (Fsp3) is 0.333. The van der Waals surface area contributed by atoms with E-state index in [0.29, 0.717) is 31.9 Å². The first kappa shape index (κ1) is 17.8. The summed E-state index contributed by atoms with van der Waals surface area (Å²) in [6.07, 6.45) is 9.33. The molecular formula is C21H22N6O2. The number of hydrogen-bond donors (Lipinski definition) is 0. The van der Waals surface area contributed by atoms with Crippen LogP contribution >= 0.6 is 0 Å². The highest BCUT2D eigenvalue weighted by Gasteiger charge is 2.50. The predicted octanol–water partition coefficient (Wildman–Crippen LogP) is 1.87. The summed E-state index contributed by atoms with van der Waals surface area (Å²) in [6.45, 7) is 2.53. The van der Waals surface area contributed by atoms with Crippen molar-refractivity contribution in [3.63, 3.8) is 0 Å². The molecule has 8 heteroatoms. The van der Waals surface area contributed by atoms with E-state index in [2.05, 4.69) is 36.6 Å². The van der Waals surface area contributed by atoms with E-state index >= 15 is 0 Å². The number of aromatic nitrogens is 4. The van der Waals surface area contributed by atoms with Gasteiger partial charge >= 0.3 is 0 Å². The van der Waals surface area contributed by atoms with Gasteiger partial charge in [0.05, 0.1) is 24.2 Å². The maximum absolute atomic E-state index is 13.1. The minimum absolute atomic E-state index is 0.0863. The summed E-state index contributed by atoms with van der Waals surface area (Å²) < 4.78 is 7.56. The van der Waals surface area contributed by atoms with Crippen molar-refractivity contribution >= 4 is 11.6 Å². The summed E-state index contributed by atoms with van der Waals surface area (Å²) >= 11 is 0. The molecule has 0 aromatic carbocycles. The van der Waals surface area contributed by atoms with Crippen LogP contribution in [0, 0.1) is 0 Å². The Balaban J connectivity index is 1.57. The van der Waals surface area contributed by atoms with Gasteiger partial charge < -0.3 is 19.1 Å². The van der Waals surface area contributed by atoms with E-state index in [1.54, 1.807) is 19.5 Å². The van der Waals surface area contributed by atoms with Crippen molar-refractivity contribution in [3.8, 4) is 5.82 Å². The van der Waals surface area contributed by atoms with Gasteiger partial charge in [0.1, 0.15) is 11.2 Å². The Morgan fingerprint density at radius 1 is 1.21 bits per heavy atom. The Morgan fingerprint density at radius 2 is 2.14 bits per heavy atom. The Labute approximate surface area is 168 Å². The molecule has 1 fully saturated rings. The van der Waals surface area contributed by atoms with Gasteiger partial charge in [-0.2, -0.15) is 0 Å². The normalized spacial score (nSPS) is 20.0. The van der Waals surface area contributed by atoms with Gasteiger partial charge in [-0.15, -0.1) is 0 Å². The highest BCUT2D eigenvalue weighted by Crippen LogP contribution is 2.46. The molecule has 0 aliphatic carbocycles. The molecular weight excluding hydrogens is 368 g/mol. The molecule has 148 valence electrons. The average molecular weight is 390 g/mol. The maximum Gasteiger partial charge on any atom is 0.274 e. The molecule has 0 radical (unpaired) electrons. The van der Waals surface area contributed by atoms with E-state index in [-0.39, 0.29) is 11.4 Å². The molecule has 1 unspecified atom stereocenters. The van der Waals surface area contributed by atoms with Gasteiger partial charge in [0.15, 0.2) is 5.82 Å². The molecule has 1 atom stereocenters. The van der Waals surface area contributed by atoms with Crippen LogP contribution in [0.25, 0.3) is 5.82 Å². The lowest BCUT2D eigenvalue weighted by atomic mass is 9.89. The number of ether oxygens (including phenoxy) is 1. The summed E-state index contributed by atoms with van der Waals surface area (Å²) in [4.78, 5) is 30.2. The van der Waals surface area contributed by atoms with Crippen LogP contribution < -0.4 is 4.90 Å². The number of hydrogen-bond acceptors (Lipinski definition) is 6. The third-order valence-corrected chi connectivity index (χ3v) is 5.86. The number of amides is 1. The lowest BCUT2D eigenvalue weighted by Crippen LogP contribution is -2.53. The fourth-order valence-corrected chi connectivity index (χ4v) is 4.58. The van der Waals surface area contributed by atoms with Crippen LogP contribution in [-0.2, 0) is 10.3 Å². The molecule has 3 aromatic heterocycles. The van der Waals surface area contributed by atoms with Crippen LogP contribution in [0.4, 0.5) is 5.69 Å². The topological polar surface area (TPSA) is 76.4 Å². The zero-order valence-corrected chi connectivity index (χ0v) is 16.2. The highest BCUT2D eigenvalue weighted by atomic mass is 16.5. The van der Waals surface area contributed by atoms with Gasteiger partial charge in [-0.3, -0.25) is 9.78 Å². The van der Waals surface area contributed by atoms with Gasteiger partial charge in [-0.1, -0.05) is 0 Å². The maximum atomic E-state index is 13.1. The number of pyridine rings is 1. The first-order valence-electron chi connectivity index (χ1n) is 9.70. The van der Waals surface area contributed by atoms with Crippen molar-refractivity contribution in [1.29, 1.82) is 0 Å². The van der Waals surface area contributed by atoms with E-state index in [9.17, 15) is 4.79 Å². The van der Waals surface area contributed by atoms with Crippen LogP contribution in [0.2, 0.25) is 0 Å². The molecule has 1 saturated heterocycles. The van der Waals surface area contributed by atoms with E-state index < -0.39 is 0 Å². The minimum atomic E-state index is -0.337. The smallest absolute Gasteiger partial charge is 0.274 e. The molecule has 0 N–H and O–H groups in total. The summed E-state index contributed by atoms with van der Waals surface area (Å²) in [7, 11) is 1.71. The lowest BCUT2D eigenvalue weighted by molar-refractivity contribution is 0.0775. The number of rotatable bonds is 4. The van der Waals surface area contributed by atoms with Gasteiger partial charge in [0.25, 0.3) is 5.91 Å². The number of carbonyl (C=O) groups excluding carboxylic acids is 1. The predicted molar refractivity (Wildman–Crippen MR) is 107 cm³/mol. The number of likely N-dealkylation sites (tertiary alicyclic amines) is 1. The third-order valence-electron chi connectivity index (χ3n) is 5.86. The Hall–Kier alpha value is -3.26. The molecule has 5 heterocycles. The zero-order valence-electron chi connectivity index (χ0n) is 16.2. The van der Waals surface area contributed by atoms with Crippen molar-refractivity contribution in [2.75, 3.05) is 38.3 Å². The Morgan fingerprint density at radius 3 is 2.97 bits per heavy atom. The lowest BCUT2D eigenvalue weighted by Gasteiger charge is -2.47. The Kier molecular flexibility index (Phi) is 4.28. The average Bonchev–Trinajstić information content (AvgIpc) is 3.43. The number of nitrogens with zero attached hydrogens (tertiary/aromatic N) is 6. The van der Waals surface area contributed by atoms with E-state index in [1.807, 2.05) is 29.4 Å². The number of methoxy groups -OCH3 is 1. The largest absolute Gasteiger partial charge is 0.383 e. The van der Waals surface area contributed by atoms with Crippen molar-refractivity contribution < 1.29 is 9.53 Å². The first-order valence-corrected chi connectivity index (χ1v) is 9.70. The van der Waals surface area contributed by atoms with Crippen LogP contribution in [0.1, 0.15) is 22.6 Å². The highest BCUT2D eigenvalue weighted by molar-refractivity contribution is 5.92. The van der Waals surface area contributed by atoms with Crippen molar-refractivity contribution in [3.05, 3.63) is 66.6 Å². The molecule has 3 aromatic rings. The van der Waals surface area contributed by atoms with Gasteiger partial charge in [0.2, 0.25) is 0 Å². The zero-order chi connectivity index (χ0) is 19.8. The molecule has 8 nitrogen and oxygen atoms in total. The summed E-state index contributed by atoms with van der Waals surface area (Å²) in [5.41, 5.74) is 2.24. The Bertz CT molecular complexity index is 1040. The molecule has 1 amide bonds. The molecule has 0 saturated carbocycles. The quantitative estimate of drug-likeness (QED) is 0.677. The second-order valence-corrected chi connectivity index (χ2v) is 7.35. The van der Waals surface area contributed by atoms with Gasteiger partial charge in [-0.25, -0.2) is 9.97 Å². The minimum Gasteiger partial charge on any atom is -0.383 e. The van der Waals surface area contributed by atoms with E-state index in [1.165, 1.54) is 6.20 Å². The molecule has 0 bridgehead atoms. The fourth-order valence-electron chi connectivity index (χ4n) is 4.58. The summed E-state index contributed by atoms with van der Waals surface area (Å²) in [5.74, 6) is 0.824. The van der Waals surface area contributed by atoms with Crippen LogP contribution in [0.3, 0.4) is 0 Å². The third kappa shape index (κ3) is 2.71. The molecule has 2 aliphatic rings. The number of fused-ring (bicyclic) bond motifs is 4. The number of carbonyl (C=O) groups is 1. The van der Waals surface area contributed by atoms with E-state index in [0.717, 1.165) is 23.6 Å². The van der Waals surface area contributed by atoms with Crippen LogP contribution in [0.15, 0.2) is 55.2 Å². The van der Waals surface area contributed by atoms with Crippen molar-refractivity contribution in [2.24, 2.45) is 0 Å². The van der Waals surface area contributed by atoms with Crippen molar-refractivity contribution in [2.45, 2.75) is 12.0 Å². The van der Waals surface area contributed by atoms with E-state index in [4.69, 9.17) is 4.74 Å². The molecule has 29 heavy (non-hydrogen) atoms. The van der Waals surface area contributed by atoms with Crippen LogP contribution in [0.5, 0.6) is 0 Å². The standard InChI is InChI=1S/C21H22N6O2/c1-29-13-12-27-17-4-2-7-24-19(17)26-10-3-5-18(26)21(27)6-11-25(15-21)20(28)16-14-22-8-9-23-16/h2-5,7-10,14H,6,11-13,15H2,1H3. The summed E-state index contributed by atoms with van der Waals surface area (Å²) in [5, 5.41) is 0. The molecule has 2 aliphatic heterocycles. The van der Waals surface area contributed by atoms with Crippen molar-refractivity contribution in [1.82, 2.24) is 24.4 Å².